The molecule has 0 aliphatic rings. The van der Waals surface area contributed by atoms with Crippen LogP contribution in [-0.4, -0.2) is 12.1 Å². The number of hydrogen-bond donors (Lipinski definition) is 0. The third kappa shape index (κ3) is 1.93. The van der Waals surface area contributed by atoms with Gasteiger partial charge in [0.05, 0.1) is 12.6 Å². The van der Waals surface area contributed by atoms with E-state index in [-0.39, 0.29) is 10.7 Å². The van der Waals surface area contributed by atoms with Gasteiger partial charge in [-0.15, -0.1) is 0 Å². The lowest BCUT2D eigenvalue weighted by atomic mass is 10.1. The van der Waals surface area contributed by atoms with Gasteiger partial charge in [-0.1, -0.05) is 11.6 Å². The van der Waals surface area contributed by atoms with Crippen molar-refractivity contribution >= 4 is 22.5 Å². The van der Waals surface area contributed by atoms with E-state index in [0.717, 1.165) is 0 Å². The summed E-state index contributed by atoms with van der Waals surface area (Å²) in [6.07, 6.45) is -2.59. The Balaban J connectivity index is 2.75. The van der Waals surface area contributed by atoms with Crippen molar-refractivity contribution in [3.8, 4) is 5.75 Å². The SMILES string of the molecule is COc1ccc2nc(Cl)cc(C(F)F)c2c1. The predicted molar refractivity (Wildman–Crippen MR) is 58.3 cm³/mol. The first-order valence-corrected chi connectivity index (χ1v) is 4.92. The number of aromatic nitrogens is 1. The number of alkyl halides is 2. The van der Waals surface area contributed by atoms with E-state index in [9.17, 15) is 8.78 Å². The summed E-state index contributed by atoms with van der Waals surface area (Å²) in [6.45, 7) is 0. The van der Waals surface area contributed by atoms with Crippen LogP contribution in [0.4, 0.5) is 8.78 Å². The molecule has 0 fully saturated rings. The Morgan fingerprint density at radius 2 is 2.06 bits per heavy atom. The minimum Gasteiger partial charge on any atom is -0.497 e. The minimum absolute atomic E-state index is 0.0629. The molecule has 1 heterocycles. The van der Waals surface area contributed by atoms with Crippen LogP contribution in [0.3, 0.4) is 0 Å². The Hall–Kier alpha value is -1.42. The largest absolute Gasteiger partial charge is 0.497 e. The van der Waals surface area contributed by atoms with Gasteiger partial charge in [-0.05, 0) is 24.3 Å². The highest BCUT2D eigenvalue weighted by atomic mass is 35.5. The maximum Gasteiger partial charge on any atom is 0.264 e. The molecule has 0 amide bonds. The summed E-state index contributed by atoms with van der Waals surface area (Å²) in [5.74, 6) is 0.513. The van der Waals surface area contributed by atoms with Crippen molar-refractivity contribution in [3.63, 3.8) is 0 Å². The maximum atomic E-state index is 12.8. The van der Waals surface area contributed by atoms with Gasteiger partial charge in [0.25, 0.3) is 6.43 Å². The molecule has 0 radical (unpaired) electrons. The molecule has 0 atom stereocenters. The number of ether oxygens (including phenoxy) is 1. The molecule has 0 saturated heterocycles. The Morgan fingerprint density at radius 3 is 2.69 bits per heavy atom. The van der Waals surface area contributed by atoms with E-state index in [4.69, 9.17) is 16.3 Å². The summed E-state index contributed by atoms with van der Waals surface area (Å²) in [5, 5.41) is 0.423. The van der Waals surface area contributed by atoms with Gasteiger partial charge < -0.3 is 4.74 Å². The summed E-state index contributed by atoms with van der Waals surface area (Å²) >= 11 is 5.67. The van der Waals surface area contributed by atoms with Crippen LogP contribution in [0.1, 0.15) is 12.0 Å². The van der Waals surface area contributed by atoms with Crippen molar-refractivity contribution in [3.05, 3.63) is 35.0 Å². The maximum absolute atomic E-state index is 12.8. The molecule has 2 aromatic rings. The molecule has 0 saturated carbocycles. The van der Waals surface area contributed by atoms with E-state index in [2.05, 4.69) is 4.98 Å². The fourth-order valence-corrected chi connectivity index (χ4v) is 1.71. The molecule has 0 N–H and O–H groups in total. The van der Waals surface area contributed by atoms with Gasteiger partial charge in [0.15, 0.2) is 0 Å². The lowest BCUT2D eigenvalue weighted by Crippen LogP contribution is -1.91. The molecule has 16 heavy (non-hydrogen) atoms. The lowest BCUT2D eigenvalue weighted by Gasteiger charge is -2.07. The first-order valence-electron chi connectivity index (χ1n) is 4.54. The topological polar surface area (TPSA) is 22.1 Å². The predicted octanol–water partition coefficient (Wildman–Crippen LogP) is 3.83. The molecule has 2 rings (SSSR count). The van der Waals surface area contributed by atoms with Crippen LogP contribution in [0.2, 0.25) is 5.15 Å². The molecule has 1 aromatic carbocycles. The van der Waals surface area contributed by atoms with E-state index in [1.807, 2.05) is 0 Å². The molecule has 0 spiro atoms. The molecule has 0 unspecified atom stereocenters. The van der Waals surface area contributed by atoms with Crippen LogP contribution < -0.4 is 4.74 Å². The van der Waals surface area contributed by atoms with E-state index in [0.29, 0.717) is 16.7 Å². The van der Waals surface area contributed by atoms with Gasteiger partial charge in [0.1, 0.15) is 10.9 Å². The summed E-state index contributed by atoms with van der Waals surface area (Å²) in [4.78, 5) is 3.97. The van der Waals surface area contributed by atoms with Crippen molar-refractivity contribution < 1.29 is 13.5 Å². The average molecular weight is 244 g/mol. The number of methoxy groups -OCH3 is 1. The van der Waals surface area contributed by atoms with Gasteiger partial charge >= 0.3 is 0 Å². The van der Waals surface area contributed by atoms with Gasteiger partial charge in [-0.3, -0.25) is 0 Å². The van der Waals surface area contributed by atoms with Crippen molar-refractivity contribution in [2.45, 2.75) is 6.43 Å². The number of hydrogen-bond acceptors (Lipinski definition) is 2. The standard InChI is InChI=1S/C11H8ClF2NO/c1-16-6-2-3-9-7(4-6)8(11(13)14)5-10(12)15-9/h2-5,11H,1H3. The molecule has 5 heteroatoms. The van der Waals surface area contributed by atoms with E-state index >= 15 is 0 Å². The molecule has 0 aliphatic heterocycles. The third-order valence-corrected chi connectivity index (χ3v) is 2.45. The molecular weight excluding hydrogens is 236 g/mol. The number of benzene rings is 1. The van der Waals surface area contributed by atoms with Gasteiger partial charge in [0.2, 0.25) is 0 Å². The monoisotopic (exact) mass is 243 g/mol. The molecule has 1 aromatic heterocycles. The lowest BCUT2D eigenvalue weighted by molar-refractivity contribution is 0.153. The molecule has 0 aliphatic carbocycles. The molecule has 0 bridgehead atoms. The zero-order chi connectivity index (χ0) is 11.7. The average Bonchev–Trinajstić information content (AvgIpc) is 2.27. The van der Waals surface area contributed by atoms with Crippen molar-refractivity contribution in [2.24, 2.45) is 0 Å². The van der Waals surface area contributed by atoms with E-state index < -0.39 is 6.43 Å². The fraction of sp³-hybridized carbons (Fsp3) is 0.182. The zero-order valence-electron chi connectivity index (χ0n) is 8.38. The third-order valence-electron chi connectivity index (χ3n) is 2.25. The second-order valence-electron chi connectivity index (χ2n) is 3.22. The van der Waals surface area contributed by atoms with Crippen molar-refractivity contribution in [1.82, 2.24) is 4.98 Å². The van der Waals surface area contributed by atoms with Gasteiger partial charge in [-0.25, -0.2) is 13.8 Å². The second-order valence-corrected chi connectivity index (χ2v) is 3.61. The first kappa shape index (κ1) is 11.1. The first-order chi connectivity index (χ1) is 7.61. The minimum atomic E-state index is -2.59. The summed E-state index contributed by atoms with van der Waals surface area (Å²) in [6, 6.07) is 5.96. The molecule has 2 nitrogen and oxygen atoms in total. The second kappa shape index (κ2) is 4.22. The highest BCUT2D eigenvalue weighted by Crippen LogP contribution is 2.31. The van der Waals surface area contributed by atoms with Crippen LogP contribution in [0, 0.1) is 0 Å². The summed E-state index contributed by atoms with van der Waals surface area (Å²) < 4.78 is 30.6. The fourth-order valence-electron chi connectivity index (χ4n) is 1.50. The van der Waals surface area contributed by atoms with Crippen LogP contribution in [-0.2, 0) is 0 Å². The number of fused-ring (bicyclic) bond motifs is 1. The van der Waals surface area contributed by atoms with Crippen LogP contribution in [0.15, 0.2) is 24.3 Å². The normalized spacial score (nSPS) is 11.1. The highest BCUT2D eigenvalue weighted by molar-refractivity contribution is 6.29. The Morgan fingerprint density at radius 1 is 1.31 bits per heavy atom. The van der Waals surface area contributed by atoms with Gasteiger partial charge in [0, 0.05) is 10.9 Å². The van der Waals surface area contributed by atoms with Crippen LogP contribution in [0.5, 0.6) is 5.75 Å². The number of rotatable bonds is 2. The molecule has 84 valence electrons. The Labute approximate surface area is 95.8 Å². The Kier molecular flexibility index (Phi) is 2.92. The van der Waals surface area contributed by atoms with Crippen LogP contribution in [0.25, 0.3) is 10.9 Å². The summed E-state index contributed by atoms with van der Waals surface area (Å²) in [7, 11) is 1.48. The zero-order valence-corrected chi connectivity index (χ0v) is 9.13. The van der Waals surface area contributed by atoms with E-state index in [1.54, 1.807) is 12.1 Å². The number of pyridine rings is 1. The van der Waals surface area contributed by atoms with Crippen molar-refractivity contribution in [1.29, 1.82) is 0 Å². The van der Waals surface area contributed by atoms with Gasteiger partial charge in [-0.2, -0.15) is 0 Å². The highest BCUT2D eigenvalue weighted by Gasteiger charge is 2.14. The molecular formula is C11H8ClF2NO. The van der Waals surface area contributed by atoms with Crippen LogP contribution >= 0.6 is 11.6 Å². The summed E-state index contributed by atoms with van der Waals surface area (Å²) in [5.41, 5.74) is 0.303. The van der Waals surface area contributed by atoms with Crippen molar-refractivity contribution in [2.75, 3.05) is 7.11 Å². The number of halogens is 3. The Bertz CT molecular complexity index is 531. The quantitative estimate of drug-likeness (QED) is 0.748. The van der Waals surface area contributed by atoms with E-state index in [1.165, 1.54) is 19.2 Å². The smallest absolute Gasteiger partial charge is 0.264 e. The number of nitrogens with zero attached hydrogens (tertiary/aromatic N) is 1.